The van der Waals surface area contributed by atoms with Gasteiger partial charge in [0.05, 0.1) is 13.1 Å². The number of halogens is 7. The van der Waals surface area contributed by atoms with Gasteiger partial charge in [-0.2, -0.15) is 17.5 Å². The Balaban J connectivity index is 1.51. The number of amides is 2. The van der Waals surface area contributed by atoms with Crippen molar-refractivity contribution in [2.45, 2.75) is 61.4 Å². The third kappa shape index (κ3) is 6.99. The van der Waals surface area contributed by atoms with Crippen LogP contribution >= 0.6 is 11.6 Å². The van der Waals surface area contributed by atoms with Crippen LogP contribution in [-0.2, 0) is 25.8 Å². The molecule has 3 heterocycles. The van der Waals surface area contributed by atoms with Crippen molar-refractivity contribution in [1.82, 2.24) is 19.5 Å². The summed E-state index contributed by atoms with van der Waals surface area (Å²) in [4.78, 5) is 28.4. The summed E-state index contributed by atoms with van der Waals surface area (Å²) >= 11 is 6.19. The summed E-state index contributed by atoms with van der Waals surface area (Å²) in [6.07, 6.45) is -3.22. The molecule has 0 spiro atoms. The smallest absolute Gasteiger partial charge is 0.347 e. The number of likely N-dealkylation sites (tertiary alicyclic amines) is 1. The van der Waals surface area contributed by atoms with Gasteiger partial charge in [0, 0.05) is 59.9 Å². The van der Waals surface area contributed by atoms with E-state index in [0.717, 1.165) is 15.3 Å². The van der Waals surface area contributed by atoms with Gasteiger partial charge in [-0.3, -0.25) is 14.6 Å². The largest absolute Gasteiger partial charge is 0.433 e. The van der Waals surface area contributed by atoms with Crippen LogP contribution in [0.3, 0.4) is 0 Å². The molecule has 43 heavy (non-hydrogen) atoms. The van der Waals surface area contributed by atoms with Gasteiger partial charge in [-0.25, -0.2) is 21.6 Å². The molecular formula is C27H27ClF6N4O4S. The standard InChI is InChI=1S/C27H27ClF6N4O4S/c1-16(7-8-23(39)37-14-26(30,31)15-37)36-24(40)25(29)9-10-38(17(2)12-25)43(41,42)21-13-35-22(27(32,33)34)11-19(21)18-5-3-4-6-20(18)28/h3-8,11,13,16-17H,9-10,12,14-15H2,1-2H3,(H,36,40)/b8-7+/t16-,17-,25+/m1/s1. The molecule has 2 aromatic rings. The van der Waals surface area contributed by atoms with E-state index >= 15 is 4.39 Å². The fourth-order valence-electron chi connectivity index (χ4n) is 4.95. The van der Waals surface area contributed by atoms with E-state index in [1.807, 2.05) is 0 Å². The van der Waals surface area contributed by atoms with Crippen LogP contribution < -0.4 is 5.32 Å². The Morgan fingerprint density at radius 3 is 2.40 bits per heavy atom. The number of benzene rings is 1. The van der Waals surface area contributed by atoms with Gasteiger partial charge in [-0.05, 0) is 26.0 Å². The number of nitrogens with one attached hydrogen (secondary N) is 1. The van der Waals surface area contributed by atoms with E-state index in [-0.39, 0.29) is 16.1 Å². The Morgan fingerprint density at radius 2 is 1.81 bits per heavy atom. The third-order valence-corrected chi connectivity index (χ3v) is 9.57. The number of carbonyl (C=O) groups is 2. The van der Waals surface area contributed by atoms with Crippen LogP contribution in [-0.4, -0.2) is 77.7 Å². The summed E-state index contributed by atoms with van der Waals surface area (Å²) in [5, 5.41) is 2.38. The van der Waals surface area contributed by atoms with E-state index in [4.69, 9.17) is 11.6 Å². The molecule has 2 saturated heterocycles. The Labute approximate surface area is 248 Å². The van der Waals surface area contributed by atoms with Gasteiger partial charge in [0.15, 0.2) is 5.67 Å². The van der Waals surface area contributed by atoms with Gasteiger partial charge in [0.1, 0.15) is 10.6 Å². The van der Waals surface area contributed by atoms with E-state index in [2.05, 4.69) is 10.3 Å². The number of sulfonamides is 1. The Hall–Kier alpha value is -3.17. The quantitative estimate of drug-likeness (QED) is 0.341. The van der Waals surface area contributed by atoms with Crippen LogP contribution in [0.15, 0.2) is 53.6 Å². The SMILES string of the molecule is C[C@H](/C=C/C(=O)N1CC(F)(F)C1)NC(=O)[C@]1(F)CCN(S(=O)(=O)c2cnc(C(F)(F)F)cc2-c2ccccc2Cl)[C@H](C)C1. The zero-order valence-corrected chi connectivity index (χ0v) is 24.4. The first-order valence-electron chi connectivity index (χ1n) is 13.0. The van der Waals surface area contributed by atoms with E-state index < -0.39 is 94.8 Å². The van der Waals surface area contributed by atoms with Crippen molar-refractivity contribution in [2.75, 3.05) is 19.6 Å². The molecule has 2 aliphatic heterocycles. The average molecular weight is 653 g/mol. The van der Waals surface area contributed by atoms with Crippen LogP contribution in [0, 0.1) is 0 Å². The van der Waals surface area contributed by atoms with Gasteiger partial charge < -0.3 is 10.2 Å². The lowest BCUT2D eigenvalue weighted by atomic mass is 9.89. The zero-order valence-electron chi connectivity index (χ0n) is 22.8. The fourth-order valence-corrected chi connectivity index (χ4v) is 6.95. The lowest BCUT2D eigenvalue weighted by Crippen LogP contribution is -2.58. The molecular weight excluding hydrogens is 626 g/mol. The summed E-state index contributed by atoms with van der Waals surface area (Å²) in [6.45, 7) is 0.874. The molecule has 8 nitrogen and oxygen atoms in total. The molecule has 0 aliphatic carbocycles. The Morgan fingerprint density at radius 1 is 1.16 bits per heavy atom. The first-order valence-corrected chi connectivity index (χ1v) is 14.8. The van der Waals surface area contributed by atoms with Gasteiger partial charge in [0.25, 0.3) is 11.8 Å². The predicted octanol–water partition coefficient (Wildman–Crippen LogP) is 4.84. The molecule has 0 bridgehead atoms. The third-order valence-electron chi connectivity index (χ3n) is 7.20. The van der Waals surface area contributed by atoms with Crippen molar-refractivity contribution in [2.24, 2.45) is 0 Å². The number of alkyl halides is 6. The molecule has 1 aromatic carbocycles. The summed E-state index contributed by atoms with van der Waals surface area (Å²) in [5.74, 6) is -4.70. The molecule has 2 amide bonds. The number of nitrogens with zero attached hydrogens (tertiary/aromatic N) is 3. The van der Waals surface area contributed by atoms with Crippen molar-refractivity contribution < 1.29 is 44.3 Å². The first kappa shape index (κ1) is 32.7. The minimum Gasteiger partial charge on any atom is -0.347 e. The van der Waals surface area contributed by atoms with Crippen LogP contribution in [0.5, 0.6) is 0 Å². The maximum atomic E-state index is 15.8. The maximum absolute atomic E-state index is 15.8. The van der Waals surface area contributed by atoms with Gasteiger partial charge in [0.2, 0.25) is 15.9 Å². The van der Waals surface area contributed by atoms with E-state index in [0.29, 0.717) is 12.3 Å². The summed E-state index contributed by atoms with van der Waals surface area (Å²) in [6, 6.07) is 4.36. The molecule has 2 fully saturated rings. The molecule has 0 radical (unpaired) electrons. The second kappa shape index (κ2) is 11.7. The molecule has 2 aliphatic rings. The molecule has 0 unspecified atom stereocenters. The second-order valence-corrected chi connectivity index (χ2v) is 12.9. The molecule has 4 rings (SSSR count). The van der Waals surface area contributed by atoms with E-state index in [1.54, 1.807) is 0 Å². The Bertz CT molecular complexity index is 1550. The number of carbonyl (C=O) groups excluding carboxylic acids is 2. The van der Waals surface area contributed by atoms with Crippen molar-refractivity contribution in [3.05, 3.63) is 59.4 Å². The van der Waals surface area contributed by atoms with Gasteiger partial charge in [-0.15, -0.1) is 0 Å². The van der Waals surface area contributed by atoms with Crippen LogP contribution in [0.4, 0.5) is 26.3 Å². The van der Waals surface area contributed by atoms with Gasteiger partial charge in [-0.1, -0.05) is 35.9 Å². The molecule has 16 heteroatoms. The molecule has 0 saturated carbocycles. The highest BCUT2D eigenvalue weighted by Gasteiger charge is 2.49. The number of hydrogen-bond acceptors (Lipinski definition) is 5. The Kier molecular flexibility index (Phi) is 8.93. The highest BCUT2D eigenvalue weighted by Crippen LogP contribution is 2.40. The second-order valence-electron chi connectivity index (χ2n) is 10.6. The van der Waals surface area contributed by atoms with Crippen molar-refractivity contribution >= 4 is 33.4 Å². The maximum Gasteiger partial charge on any atom is 0.433 e. The molecule has 3 atom stereocenters. The normalized spacial score (nSPS) is 23.6. The molecule has 1 aromatic heterocycles. The van der Waals surface area contributed by atoms with Crippen LogP contribution in [0.2, 0.25) is 5.02 Å². The predicted molar refractivity (Wildman–Crippen MR) is 144 cm³/mol. The van der Waals surface area contributed by atoms with Crippen molar-refractivity contribution in [3.63, 3.8) is 0 Å². The number of hydrogen-bond donors (Lipinski definition) is 1. The minimum absolute atomic E-state index is 0.00269. The number of pyridine rings is 1. The highest BCUT2D eigenvalue weighted by atomic mass is 35.5. The summed E-state index contributed by atoms with van der Waals surface area (Å²) in [5.41, 5.74) is -4.17. The topological polar surface area (TPSA) is 99.7 Å². The van der Waals surface area contributed by atoms with E-state index in [1.165, 1.54) is 44.2 Å². The summed E-state index contributed by atoms with van der Waals surface area (Å²) < 4.78 is 111. The highest BCUT2D eigenvalue weighted by molar-refractivity contribution is 7.89. The lowest BCUT2D eigenvalue weighted by Gasteiger charge is -2.40. The number of rotatable bonds is 7. The van der Waals surface area contributed by atoms with Crippen molar-refractivity contribution in [3.8, 4) is 11.1 Å². The van der Waals surface area contributed by atoms with Gasteiger partial charge >= 0.3 is 6.18 Å². The number of piperidine rings is 1. The first-order chi connectivity index (χ1) is 19.8. The lowest BCUT2D eigenvalue weighted by molar-refractivity contribution is -0.160. The average Bonchev–Trinajstić information content (AvgIpc) is 2.89. The van der Waals surface area contributed by atoms with Crippen LogP contribution in [0.25, 0.3) is 11.1 Å². The fraction of sp³-hybridized carbons (Fsp3) is 0.444. The zero-order chi connectivity index (χ0) is 32.0. The number of aromatic nitrogens is 1. The van der Waals surface area contributed by atoms with E-state index in [9.17, 15) is 40.0 Å². The molecule has 234 valence electrons. The monoisotopic (exact) mass is 652 g/mol. The van der Waals surface area contributed by atoms with Crippen LogP contribution in [0.1, 0.15) is 32.4 Å². The summed E-state index contributed by atoms with van der Waals surface area (Å²) in [7, 11) is -4.56. The molecule has 1 N–H and O–H groups in total. The minimum atomic E-state index is -4.87. The van der Waals surface area contributed by atoms with Crippen molar-refractivity contribution in [1.29, 1.82) is 0 Å².